The van der Waals surface area contributed by atoms with Gasteiger partial charge in [0.15, 0.2) is 0 Å². The lowest BCUT2D eigenvalue weighted by Gasteiger charge is -2.06. The third kappa shape index (κ3) is 8.17. The van der Waals surface area contributed by atoms with Gasteiger partial charge in [0.2, 0.25) is 0 Å². The van der Waals surface area contributed by atoms with Crippen molar-refractivity contribution in [3.05, 3.63) is 0 Å². The number of ether oxygens (including phenoxy) is 1. The minimum Gasteiger partial charge on any atom is -0.396 e. The molecule has 0 spiro atoms. The maximum atomic E-state index is 8.69. The van der Waals surface area contributed by atoms with E-state index < -0.39 is 0 Å². The Morgan fingerprint density at radius 3 is 2.82 bits per heavy atom. The topological polar surface area (TPSA) is 29.5 Å². The van der Waals surface area contributed by atoms with Crippen LogP contribution in [0.1, 0.15) is 13.8 Å². The molecule has 0 saturated heterocycles. The Kier molecular flexibility index (Phi) is 8.57. The van der Waals surface area contributed by atoms with Crippen molar-refractivity contribution in [1.82, 2.24) is 0 Å². The summed E-state index contributed by atoms with van der Waals surface area (Å²) in [6, 6.07) is 0. The molecule has 0 fully saturated rings. The van der Waals surface area contributed by atoms with E-state index in [9.17, 15) is 0 Å². The second-order valence-corrected chi connectivity index (χ2v) is 3.71. The number of aliphatic hydroxyl groups is 1. The summed E-state index contributed by atoms with van der Waals surface area (Å²) in [5, 5.41) is 8.69. The van der Waals surface area contributed by atoms with Crippen LogP contribution >= 0.6 is 11.8 Å². The highest BCUT2D eigenvalue weighted by atomic mass is 32.2. The summed E-state index contributed by atoms with van der Waals surface area (Å²) in [5.74, 6) is 2.49. The third-order valence-corrected chi connectivity index (χ3v) is 2.55. The lowest BCUT2D eigenvalue weighted by atomic mass is 10.2. The van der Waals surface area contributed by atoms with Gasteiger partial charge in [-0.1, -0.05) is 6.92 Å². The highest BCUT2D eigenvalue weighted by molar-refractivity contribution is 7.99. The van der Waals surface area contributed by atoms with E-state index in [2.05, 4.69) is 0 Å². The molecule has 0 aromatic carbocycles. The molecule has 0 rings (SSSR count). The summed E-state index contributed by atoms with van der Waals surface area (Å²) in [6.45, 7) is 5.98. The van der Waals surface area contributed by atoms with Gasteiger partial charge in [-0.3, -0.25) is 0 Å². The van der Waals surface area contributed by atoms with E-state index in [1.54, 1.807) is 0 Å². The van der Waals surface area contributed by atoms with Crippen molar-refractivity contribution >= 4 is 11.8 Å². The van der Waals surface area contributed by atoms with Gasteiger partial charge in [-0.2, -0.15) is 11.8 Å². The summed E-state index contributed by atoms with van der Waals surface area (Å²) in [6.07, 6.45) is 0. The molecule has 3 heteroatoms. The van der Waals surface area contributed by atoms with E-state index in [1.165, 1.54) is 0 Å². The molecule has 11 heavy (non-hydrogen) atoms. The molecule has 0 radical (unpaired) electrons. The number of hydrogen-bond donors (Lipinski definition) is 1. The molecule has 0 aliphatic heterocycles. The summed E-state index contributed by atoms with van der Waals surface area (Å²) in [4.78, 5) is 0. The van der Waals surface area contributed by atoms with Crippen LogP contribution in [0, 0.1) is 5.92 Å². The Bertz CT molecular complexity index is 78.5. The molecular formula is C8H18O2S. The predicted molar refractivity (Wildman–Crippen MR) is 50.1 cm³/mol. The van der Waals surface area contributed by atoms with Crippen LogP contribution in [0.15, 0.2) is 0 Å². The molecule has 1 unspecified atom stereocenters. The van der Waals surface area contributed by atoms with Crippen LogP contribution in [0.2, 0.25) is 0 Å². The first-order valence-electron chi connectivity index (χ1n) is 4.07. The normalized spacial score (nSPS) is 13.4. The van der Waals surface area contributed by atoms with E-state index in [-0.39, 0.29) is 0 Å². The van der Waals surface area contributed by atoms with Crippen LogP contribution in [0.4, 0.5) is 0 Å². The van der Waals surface area contributed by atoms with Gasteiger partial charge >= 0.3 is 0 Å². The van der Waals surface area contributed by atoms with Crippen molar-refractivity contribution in [1.29, 1.82) is 0 Å². The monoisotopic (exact) mass is 178 g/mol. The minimum atomic E-state index is 0.293. The Labute approximate surface area is 73.3 Å². The molecule has 0 heterocycles. The average molecular weight is 178 g/mol. The number of hydrogen-bond acceptors (Lipinski definition) is 3. The third-order valence-electron chi connectivity index (χ3n) is 1.29. The number of thioether (sulfide) groups is 1. The largest absolute Gasteiger partial charge is 0.396 e. The molecule has 1 atom stereocenters. The van der Waals surface area contributed by atoms with Crippen molar-refractivity contribution in [3.63, 3.8) is 0 Å². The predicted octanol–water partition coefficient (Wildman–Crippen LogP) is 1.38. The van der Waals surface area contributed by atoms with Crippen LogP contribution in [-0.4, -0.2) is 36.4 Å². The fourth-order valence-electron chi connectivity index (χ4n) is 0.599. The minimum absolute atomic E-state index is 0.293. The standard InChI is InChI=1S/C8H18O2S/c1-3-10-4-5-11-7-8(2)6-9/h8-9H,3-7H2,1-2H3. The summed E-state index contributed by atoms with van der Waals surface area (Å²) >= 11 is 1.84. The molecule has 0 bridgehead atoms. The van der Waals surface area contributed by atoms with Crippen molar-refractivity contribution in [2.45, 2.75) is 13.8 Å². The van der Waals surface area contributed by atoms with Gasteiger partial charge in [0, 0.05) is 19.0 Å². The van der Waals surface area contributed by atoms with Gasteiger partial charge in [0.25, 0.3) is 0 Å². The van der Waals surface area contributed by atoms with Crippen LogP contribution in [0.5, 0.6) is 0 Å². The van der Waals surface area contributed by atoms with Gasteiger partial charge in [-0.15, -0.1) is 0 Å². The molecule has 0 aliphatic carbocycles. The molecular weight excluding hydrogens is 160 g/mol. The van der Waals surface area contributed by atoms with Crippen molar-refractivity contribution in [2.24, 2.45) is 5.92 Å². The number of aliphatic hydroxyl groups excluding tert-OH is 1. The van der Waals surface area contributed by atoms with E-state index >= 15 is 0 Å². The van der Waals surface area contributed by atoms with Crippen molar-refractivity contribution in [2.75, 3.05) is 31.3 Å². The Hall–Kier alpha value is 0.270. The first-order valence-corrected chi connectivity index (χ1v) is 5.23. The zero-order valence-electron chi connectivity index (χ0n) is 7.38. The first-order chi connectivity index (χ1) is 5.31. The lowest BCUT2D eigenvalue weighted by molar-refractivity contribution is 0.164. The highest BCUT2D eigenvalue weighted by Crippen LogP contribution is 2.06. The van der Waals surface area contributed by atoms with E-state index in [0.717, 1.165) is 24.7 Å². The van der Waals surface area contributed by atoms with Crippen molar-refractivity contribution < 1.29 is 9.84 Å². The van der Waals surface area contributed by atoms with Gasteiger partial charge in [0.1, 0.15) is 0 Å². The fraction of sp³-hybridized carbons (Fsp3) is 1.00. The van der Waals surface area contributed by atoms with Crippen molar-refractivity contribution in [3.8, 4) is 0 Å². The van der Waals surface area contributed by atoms with Crippen LogP contribution in [0.25, 0.3) is 0 Å². The first kappa shape index (κ1) is 11.3. The maximum Gasteiger partial charge on any atom is 0.0556 e. The van der Waals surface area contributed by atoms with Crippen LogP contribution in [0.3, 0.4) is 0 Å². The molecule has 1 N–H and O–H groups in total. The highest BCUT2D eigenvalue weighted by Gasteiger charge is 1.98. The van der Waals surface area contributed by atoms with E-state index in [0.29, 0.717) is 12.5 Å². The molecule has 0 aliphatic rings. The second kappa shape index (κ2) is 8.37. The number of rotatable bonds is 7. The van der Waals surface area contributed by atoms with E-state index in [4.69, 9.17) is 9.84 Å². The van der Waals surface area contributed by atoms with Crippen LogP contribution in [-0.2, 0) is 4.74 Å². The summed E-state index contributed by atoms with van der Waals surface area (Å²) in [7, 11) is 0. The molecule has 2 nitrogen and oxygen atoms in total. The SMILES string of the molecule is CCOCCSCC(C)CO. The van der Waals surface area contributed by atoms with Gasteiger partial charge in [-0.05, 0) is 18.6 Å². The molecule has 68 valence electrons. The molecule has 0 saturated carbocycles. The summed E-state index contributed by atoms with van der Waals surface area (Å²) < 4.78 is 5.17. The maximum absolute atomic E-state index is 8.69. The Morgan fingerprint density at radius 2 is 2.27 bits per heavy atom. The molecule has 0 aromatic rings. The molecule has 0 amide bonds. The van der Waals surface area contributed by atoms with Gasteiger partial charge in [-0.25, -0.2) is 0 Å². The zero-order valence-corrected chi connectivity index (χ0v) is 8.19. The smallest absolute Gasteiger partial charge is 0.0556 e. The Balaban J connectivity index is 2.89. The van der Waals surface area contributed by atoms with Gasteiger partial charge < -0.3 is 9.84 Å². The summed E-state index contributed by atoms with van der Waals surface area (Å²) in [5.41, 5.74) is 0. The van der Waals surface area contributed by atoms with E-state index in [1.807, 2.05) is 25.6 Å². The zero-order chi connectivity index (χ0) is 8.53. The molecule has 0 aromatic heterocycles. The average Bonchev–Trinajstić information content (AvgIpc) is 2.04. The fourth-order valence-corrected chi connectivity index (χ4v) is 1.51. The lowest BCUT2D eigenvalue weighted by Crippen LogP contribution is -2.05. The van der Waals surface area contributed by atoms with Crippen LogP contribution < -0.4 is 0 Å². The second-order valence-electron chi connectivity index (χ2n) is 2.56. The van der Waals surface area contributed by atoms with Gasteiger partial charge in [0.05, 0.1) is 6.61 Å². The Morgan fingerprint density at radius 1 is 1.55 bits per heavy atom. The quantitative estimate of drug-likeness (QED) is 0.597.